The van der Waals surface area contributed by atoms with Gasteiger partial charge in [-0.15, -0.1) is 0 Å². The van der Waals surface area contributed by atoms with Crippen LogP contribution in [-0.4, -0.2) is 91.7 Å². The molecule has 464 valence electrons. The average Bonchev–Trinajstić information content (AvgIpc) is 4.39. The largest absolute Gasteiger partial charge is 0.481 e. The van der Waals surface area contributed by atoms with Crippen LogP contribution in [-0.2, 0) is 62.5 Å². The number of esters is 2. The molecule has 0 aliphatic heterocycles. The van der Waals surface area contributed by atoms with E-state index in [1.165, 1.54) is 4.90 Å². The zero-order valence-corrected chi connectivity index (χ0v) is 54.0. The first-order valence-electron chi connectivity index (χ1n) is 28.8. The molecule has 6 rings (SSSR count). The van der Waals surface area contributed by atoms with Gasteiger partial charge in [-0.1, -0.05) is 75.7 Å². The predicted octanol–water partition coefficient (Wildman–Crippen LogP) is 15.2. The number of rotatable bonds is 21. The highest BCUT2D eigenvalue weighted by atomic mass is 79.9. The Morgan fingerprint density at radius 2 is 0.988 bits per heavy atom. The number of amides is 3. The number of aliphatic carboxylic acids is 1. The number of benzene rings is 3. The molecule has 0 saturated heterocycles. The topological polar surface area (TPSA) is 239 Å². The van der Waals surface area contributed by atoms with Gasteiger partial charge < -0.3 is 43.2 Å². The molecule has 18 heteroatoms. The molecule has 0 bridgehead atoms. The van der Waals surface area contributed by atoms with E-state index in [0.29, 0.717) is 51.6 Å². The highest BCUT2D eigenvalue weighted by molar-refractivity contribution is 9.09. The van der Waals surface area contributed by atoms with Gasteiger partial charge in [0.15, 0.2) is 0 Å². The van der Waals surface area contributed by atoms with Crippen LogP contribution in [0, 0.1) is 17.8 Å². The minimum atomic E-state index is -0.886. The molecule has 0 fully saturated rings. The fraction of sp³-hybridized carbons (Fsp3) is 0.530. The number of halogens is 1. The number of carbonyl (C=O) groups excluding carboxylic acids is 6. The number of furan rings is 3. The molecule has 0 radical (unpaired) electrons. The molecule has 0 saturated carbocycles. The number of nitrogens with zero attached hydrogens (tertiary/aromatic N) is 2. The van der Waals surface area contributed by atoms with Crippen molar-refractivity contribution in [2.45, 2.75) is 192 Å². The average molecular weight is 1230 g/mol. The summed E-state index contributed by atoms with van der Waals surface area (Å²) in [5.74, 6) is -1.14. The number of ether oxygens (including phenoxy) is 3. The van der Waals surface area contributed by atoms with Crippen LogP contribution in [0.1, 0.15) is 172 Å². The second-order valence-electron chi connectivity index (χ2n) is 24.5. The number of nitrogens with two attached hydrogens (primary N) is 1. The fourth-order valence-electron chi connectivity index (χ4n) is 7.61. The maximum Gasteiger partial charge on any atom is 0.410 e. The fourth-order valence-corrected chi connectivity index (χ4v) is 7.61. The number of imide groups is 1. The van der Waals surface area contributed by atoms with Crippen molar-refractivity contribution in [1.82, 2.24) is 9.80 Å². The molecule has 84 heavy (non-hydrogen) atoms. The summed E-state index contributed by atoms with van der Waals surface area (Å²) in [5, 5.41) is 12.5. The summed E-state index contributed by atoms with van der Waals surface area (Å²) in [6.07, 6.45) is 7.55. The van der Waals surface area contributed by atoms with Gasteiger partial charge in [0.05, 0.1) is 25.3 Å². The zero-order chi connectivity index (χ0) is 63.4. The second-order valence-corrected chi connectivity index (χ2v) is 25.1. The SMILES string of the molecule is CC(C)(C)OC(=O)CCCC(=O)CCc1ccc2occc2c1.CC(C)(C)OC(=O)CCCC(=O)O.CC(C)CBr.CC(C)CN(CCC(=O)N(Cc1ccc2occc2c1)C(=O)C(C)C)C(=O)OC(C)(C)C.NCc1ccc2occc2c1. The minimum absolute atomic E-state index is 0.0131. The highest BCUT2D eigenvalue weighted by Gasteiger charge is 2.28. The first-order chi connectivity index (χ1) is 39.2. The van der Waals surface area contributed by atoms with E-state index in [1.807, 2.05) is 128 Å². The van der Waals surface area contributed by atoms with E-state index < -0.39 is 28.9 Å². The normalized spacial score (nSPS) is 11.3. The quantitative estimate of drug-likeness (QED) is 0.0387. The molecule has 6 aromatic rings. The predicted molar refractivity (Wildman–Crippen MR) is 333 cm³/mol. The van der Waals surface area contributed by atoms with Crippen molar-refractivity contribution in [3.63, 3.8) is 0 Å². The van der Waals surface area contributed by atoms with E-state index in [9.17, 15) is 33.6 Å². The number of carboxylic acids is 1. The van der Waals surface area contributed by atoms with Crippen LogP contribution in [0.3, 0.4) is 0 Å². The number of carboxylic acid groups (broad SMARTS) is 1. The molecule has 3 heterocycles. The summed E-state index contributed by atoms with van der Waals surface area (Å²) in [7, 11) is 0. The summed E-state index contributed by atoms with van der Waals surface area (Å²) in [6.45, 7) is 29.6. The van der Waals surface area contributed by atoms with Crippen molar-refractivity contribution >= 4 is 90.4 Å². The number of hydrogen-bond donors (Lipinski definition) is 2. The summed E-state index contributed by atoms with van der Waals surface area (Å²) in [5.41, 5.74) is 9.54. The van der Waals surface area contributed by atoms with Gasteiger partial charge in [-0.05, 0) is 165 Å². The van der Waals surface area contributed by atoms with Crippen LogP contribution in [0.25, 0.3) is 32.9 Å². The van der Waals surface area contributed by atoms with Crippen molar-refractivity contribution in [3.05, 3.63) is 108 Å². The molecular weight excluding hydrogens is 1140 g/mol. The van der Waals surface area contributed by atoms with Crippen molar-refractivity contribution in [1.29, 1.82) is 0 Å². The Morgan fingerprint density at radius 3 is 1.40 bits per heavy atom. The van der Waals surface area contributed by atoms with Crippen LogP contribution in [0.5, 0.6) is 0 Å². The van der Waals surface area contributed by atoms with Crippen LogP contribution >= 0.6 is 15.9 Å². The molecular formula is C66H94BrN3O14. The Kier molecular flexibility index (Phi) is 31.5. The van der Waals surface area contributed by atoms with Gasteiger partial charge in [-0.2, -0.15) is 0 Å². The standard InChI is InChI=1S/C25H36N2O5.C19H24O4.C9H9NO.C9H16O4.C4H9Br/c1-17(2)15-26(24(30)32-25(5,6)7)12-10-22(28)27(23(29)18(3)4)16-19-8-9-21-20(14-19)11-13-31-21;1-19(2,3)23-18(21)6-4-5-16(20)9-7-14-8-10-17-15(13-14)11-12-22-17;10-6-7-1-2-9-8(5-7)3-4-11-9;1-9(2,3)13-8(12)6-4-5-7(10)11;1-4(2)3-5/h8-9,11,13-14,17-18H,10,12,15-16H2,1-7H3;8,10-13H,4-7,9H2,1-3H3;1-5H,6,10H2;4-6H2,1-3H3,(H,10,11);4H,3H2,1-2H3. The molecule has 0 spiro atoms. The summed E-state index contributed by atoms with van der Waals surface area (Å²) in [6, 6.07) is 23.2. The lowest BCUT2D eigenvalue weighted by molar-refractivity contribution is -0.156. The van der Waals surface area contributed by atoms with E-state index in [4.69, 9.17) is 38.3 Å². The Labute approximate surface area is 505 Å². The Morgan fingerprint density at radius 1 is 0.560 bits per heavy atom. The number of fused-ring (bicyclic) bond motifs is 3. The summed E-state index contributed by atoms with van der Waals surface area (Å²) < 4.78 is 31.5. The number of aryl methyl sites for hydroxylation is 1. The maximum atomic E-state index is 13.1. The first-order valence-corrected chi connectivity index (χ1v) is 29.9. The third-order valence-corrected chi connectivity index (χ3v) is 12.8. The van der Waals surface area contributed by atoms with Gasteiger partial charge in [-0.3, -0.25) is 33.7 Å². The number of Topliss-reactive ketones (excluding diaryl/α,β-unsaturated/α-hetero) is 1. The Bertz CT molecular complexity index is 2980. The third-order valence-electron chi connectivity index (χ3n) is 11.5. The molecule has 17 nitrogen and oxygen atoms in total. The van der Waals surface area contributed by atoms with Crippen molar-refractivity contribution in [2.75, 3.05) is 18.4 Å². The first kappa shape index (κ1) is 73.3. The smallest absolute Gasteiger partial charge is 0.410 e. The van der Waals surface area contributed by atoms with Gasteiger partial charge in [0.2, 0.25) is 11.8 Å². The van der Waals surface area contributed by atoms with E-state index >= 15 is 0 Å². The van der Waals surface area contributed by atoms with E-state index in [0.717, 1.165) is 60.8 Å². The monoisotopic (exact) mass is 1230 g/mol. The Balaban J connectivity index is 0.000000400. The number of hydrogen-bond acceptors (Lipinski definition) is 14. The molecule has 0 unspecified atom stereocenters. The van der Waals surface area contributed by atoms with Crippen molar-refractivity contribution < 1.29 is 66.1 Å². The molecule has 0 aliphatic rings. The molecule has 0 atom stereocenters. The lowest BCUT2D eigenvalue weighted by atomic mass is 10.0. The lowest BCUT2D eigenvalue weighted by Gasteiger charge is -2.29. The summed E-state index contributed by atoms with van der Waals surface area (Å²) >= 11 is 3.31. The molecule has 3 aromatic heterocycles. The van der Waals surface area contributed by atoms with Gasteiger partial charge in [-0.25, -0.2) is 4.79 Å². The second kappa shape index (κ2) is 36.1. The molecule has 3 N–H and O–H groups in total. The number of ketones is 1. The van der Waals surface area contributed by atoms with Gasteiger partial charge >= 0.3 is 24.0 Å². The zero-order valence-electron chi connectivity index (χ0n) is 52.4. The summed E-state index contributed by atoms with van der Waals surface area (Å²) in [4.78, 5) is 86.0. The highest BCUT2D eigenvalue weighted by Crippen LogP contribution is 2.22. The van der Waals surface area contributed by atoms with E-state index in [2.05, 4.69) is 29.8 Å². The minimum Gasteiger partial charge on any atom is -0.481 e. The maximum absolute atomic E-state index is 13.1. The van der Waals surface area contributed by atoms with Crippen molar-refractivity contribution in [2.24, 2.45) is 23.5 Å². The van der Waals surface area contributed by atoms with Crippen molar-refractivity contribution in [3.8, 4) is 0 Å². The Hall–Kier alpha value is -6.79. The molecule has 3 aromatic carbocycles. The molecule has 0 aliphatic carbocycles. The van der Waals surface area contributed by atoms with Gasteiger partial charge in [0.25, 0.3) is 0 Å². The number of carbonyl (C=O) groups is 7. The van der Waals surface area contributed by atoms with Crippen LogP contribution < -0.4 is 5.73 Å². The van der Waals surface area contributed by atoms with Crippen LogP contribution in [0.4, 0.5) is 4.79 Å². The number of alkyl halides is 1. The molecule has 3 amide bonds. The van der Waals surface area contributed by atoms with Crippen LogP contribution in [0.15, 0.2) is 105 Å². The van der Waals surface area contributed by atoms with Gasteiger partial charge in [0, 0.05) is 85.6 Å². The third kappa shape index (κ3) is 31.2. The van der Waals surface area contributed by atoms with Gasteiger partial charge in [0.1, 0.15) is 39.3 Å². The van der Waals surface area contributed by atoms with E-state index in [1.54, 1.807) is 58.3 Å². The van der Waals surface area contributed by atoms with E-state index in [-0.39, 0.29) is 73.7 Å². The lowest BCUT2D eigenvalue weighted by Crippen LogP contribution is -2.43. The van der Waals surface area contributed by atoms with Crippen LogP contribution in [0.2, 0.25) is 0 Å².